The van der Waals surface area contributed by atoms with Gasteiger partial charge in [-0.25, -0.2) is 0 Å². The number of hydrogen-bond donors (Lipinski definition) is 0. The van der Waals surface area contributed by atoms with Crippen molar-refractivity contribution in [2.75, 3.05) is 6.61 Å². The fourth-order valence-electron chi connectivity index (χ4n) is 2.77. The van der Waals surface area contributed by atoms with Gasteiger partial charge in [-0.15, -0.1) is 0 Å². The number of hydrogen-bond acceptors (Lipinski definition) is 3. The van der Waals surface area contributed by atoms with Gasteiger partial charge < -0.3 is 0 Å². The summed E-state index contributed by atoms with van der Waals surface area (Å²) in [6.45, 7) is 2.56. The standard InChI is InChI=1S/C25H24O2SSe/c1-2-27-24(18-23(26)20-12-6-3-7-13-20)25(29-22-16-10-5-11-17-22)19-28-21-14-8-4-9-15-21/h3-17,19,24H,2,18H2,1H3/b25-19-. The number of ketones is 1. The first kappa shape index (κ1) is 21.6. The number of benzene rings is 3. The minimum absolute atomic E-state index is 0.0832. The minimum atomic E-state index is -0.218. The molecular weight excluding hydrogens is 443 g/mol. The van der Waals surface area contributed by atoms with E-state index in [2.05, 4.69) is 41.8 Å². The van der Waals surface area contributed by atoms with Crippen LogP contribution in [0.4, 0.5) is 0 Å². The monoisotopic (exact) mass is 468 g/mol. The van der Waals surface area contributed by atoms with Crippen LogP contribution in [0.5, 0.6) is 0 Å². The number of carbonyl (C=O) groups excluding carboxylic acids is 1. The quantitative estimate of drug-likeness (QED) is 0.229. The summed E-state index contributed by atoms with van der Waals surface area (Å²) in [5.41, 5.74) is 0.736. The van der Waals surface area contributed by atoms with E-state index in [4.69, 9.17) is 4.74 Å². The first-order chi connectivity index (χ1) is 14.3. The maximum atomic E-state index is 12.9. The zero-order valence-corrected chi connectivity index (χ0v) is 18.9. The van der Waals surface area contributed by atoms with Gasteiger partial charge in [0.05, 0.1) is 0 Å². The van der Waals surface area contributed by atoms with Crippen molar-refractivity contribution in [3.05, 3.63) is 106 Å². The molecular formula is C25H24O2SSe. The van der Waals surface area contributed by atoms with Crippen molar-refractivity contribution in [2.45, 2.75) is 24.3 Å². The van der Waals surface area contributed by atoms with Gasteiger partial charge in [0.25, 0.3) is 0 Å². The number of rotatable bonds is 10. The van der Waals surface area contributed by atoms with Crippen LogP contribution in [0.1, 0.15) is 23.7 Å². The van der Waals surface area contributed by atoms with E-state index in [0.29, 0.717) is 13.0 Å². The Morgan fingerprint density at radius 2 is 1.52 bits per heavy atom. The Morgan fingerprint density at radius 3 is 2.14 bits per heavy atom. The van der Waals surface area contributed by atoms with Crippen molar-refractivity contribution in [3.8, 4) is 0 Å². The third-order valence-corrected chi connectivity index (χ3v) is 7.80. The Kier molecular flexibility index (Phi) is 8.79. The molecule has 29 heavy (non-hydrogen) atoms. The SMILES string of the molecule is CCOC(CC(=O)c1ccccc1)/C(=C/Sc1ccccc1)[Se]c1ccccc1. The Bertz CT molecular complexity index is 911. The summed E-state index contributed by atoms with van der Waals surface area (Å²) < 4.78 is 8.53. The normalized spacial score (nSPS) is 12.5. The van der Waals surface area contributed by atoms with Crippen LogP contribution in [0.15, 0.2) is 106 Å². The van der Waals surface area contributed by atoms with E-state index < -0.39 is 0 Å². The summed E-state index contributed by atoms with van der Waals surface area (Å²) in [5.74, 6) is 0.114. The van der Waals surface area contributed by atoms with E-state index in [1.54, 1.807) is 11.8 Å². The third kappa shape index (κ3) is 7.02. The molecule has 0 aliphatic carbocycles. The molecule has 4 heteroatoms. The molecule has 1 unspecified atom stereocenters. The Morgan fingerprint density at radius 1 is 0.931 bits per heavy atom. The number of Topliss-reactive ketones (excluding diaryl/α,β-unsaturated/α-hetero) is 1. The van der Waals surface area contributed by atoms with Gasteiger partial charge in [0.15, 0.2) is 0 Å². The first-order valence-electron chi connectivity index (χ1n) is 9.60. The molecule has 0 radical (unpaired) electrons. The fourth-order valence-corrected chi connectivity index (χ4v) is 5.92. The summed E-state index contributed by atoms with van der Waals surface area (Å²) in [4.78, 5) is 14.0. The van der Waals surface area contributed by atoms with Gasteiger partial charge in [-0.05, 0) is 0 Å². The van der Waals surface area contributed by atoms with Gasteiger partial charge >= 0.3 is 184 Å². The van der Waals surface area contributed by atoms with Crippen molar-refractivity contribution in [3.63, 3.8) is 0 Å². The van der Waals surface area contributed by atoms with Crippen LogP contribution in [0.2, 0.25) is 0 Å². The topological polar surface area (TPSA) is 26.3 Å². The van der Waals surface area contributed by atoms with Crippen molar-refractivity contribution in [2.24, 2.45) is 0 Å². The van der Waals surface area contributed by atoms with E-state index in [9.17, 15) is 4.79 Å². The average Bonchev–Trinajstić information content (AvgIpc) is 2.78. The maximum absolute atomic E-state index is 12.9. The molecule has 3 aromatic rings. The van der Waals surface area contributed by atoms with Gasteiger partial charge in [-0.1, -0.05) is 0 Å². The summed E-state index contributed by atoms with van der Waals surface area (Å²) >= 11 is 1.77. The molecule has 0 fully saturated rings. The third-order valence-electron chi connectivity index (χ3n) is 4.19. The fraction of sp³-hybridized carbons (Fsp3) is 0.160. The number of thioether (sulfide) groups is 1. The van der Waals surface area contributed by atoms with Crippen molar-refractivity contribution >= 4 is 37.0 Å². The van der Waals surface area contributed by atoms with Gasteiger partial charge in [-0.3, -0.25) is 0 Å². The molecule has 3 aromatic carbocycles. The summed E-state index contributed by atoms with van der Waals surface area (Å²) in [6.07, 6.45) is 0.136. The second-order valence-electron chi connectivity index (χ2n) is 6.30. The predicted octanol–water partition coefficient (Wildman–Crippen LogP) is 5.33. The van der Waals surface area contributed by atoms with Crippen molar-refractivity contribution in [1.82, 2.24) is 0 Å². The van der Waals surface area contributed by atoms with Gasteiger partial charge in [0.1, 0.15) is 0 Å². The Labute approximate surface area is 183 Å². The molecule has 0 aromatic heterocycles. The van der Waals surface area contributed by atoms with Gasteiger partial charge in [0.2, 0.25) is 0 Å². The molecule has 0 aliphatic rings. The van der Waals surface area contributed by atoms with E-state index >= 15 is 0 Å². The molecule has 0 saturated carbocycles. The van der Waals surface area contributed by atoms with E-state index in [-0.39, 0.29) is 26.8 Å². The van der Waals surface area contributed by atoms with Crippen LogP contribution in [0, 0.1) is 0 Å². The molecule has 0 bridgehead atoms. The van der Waals surface area contributed by atoms with Crippen LogP contribution in [-0.2, 0) is 4.74 Å². The van der Waals surface area contributed by atoms with E-state index in [1.165, 1.54) is 13.8 Å². The predicted molar refractivity (Wildman–Crippen MR) is 123 cm³/mol. The first-order valence-corrected chi connectivity index (χ1v) is 12.2. The van der Waals surface area contributed by atoms with Crippen LogP contribution in [0.3, 0.4) is 0 Å². The molecule has 2 nitrogen and oxygen atoms in total. The van der Waals surface area contributed by atoms with Crippen LogP contribution < -0.4 is 4.46 Å². The van der Waals surface area contributed by atoms with Crippen molar-refractivity contribution in [1.29, 1.82) is 0 Å². The molecule has 3 rings (SSSR count). The molecule has 0 saturated heterocycles. The molecule has 0 spiro atoms. The number of carbonyl (C=O) groups is 1. The number of ether oxygens (including phenoxy) is 1. The summed E-state index contributed by atoms with van der Waals surface area (Å²) in [5, 5.41) is 2.18. The van der Waals surface area contributed by atoms with Gasteiger partial charge in [0, 0.05) is 0 Å². The Hall–Kier alpha value is -2.10. The van der Waals surface area contributed by atoms with Crippen LogP contribution in [-0.4, -0.2) is 33.5 Å². The van der Waals surface area contributed by atoms with Gasteiger partial charge in [-0.2, -0.15) is 0 Å². The zero-order valence-electron chi connectivity index (χ0n) is 16.4. The summed E-state index contributed by atoms with van der Waals surface area (Å²) in [7, 11) is 0. The van der Waals surface area contributed by atoms with Crippen molar-refractivity contribution < 1.29 is 9.53 Å². The Balaban J connectivity index is 1.84. The van der Waals surface area contributed by atoms with Crippen LogP contribution in [0.25, 0.3) is 0 Å². The summed E-state index contributed by atoms with van der Waals surface area (Å²) in [6, 6.07) is 30.2. The molecule has 148 valence electrons. The molecule has 0 amide bonds. The second kappa shape index (κ2) is 11.8. The van der Waals surface area contributed by atoms with E-state index in [1.807, 2.05) is 61.5 Å². The zero-order chi connectivity index (χ0) is 20.3. The molecule has 1 atom stereocenters. The molecule has 0 aliphatic heterocycles. The average molecular weight is 467 g/mol. The molecule has 0 N–H and O–H groups in total. The second-order valence-corrected chi connectivity index (χ2v) is 9.65. The van der Waals surface area contributed by atoms with Crippen LogP contribution >= 0.6 is 11.8 Å². The van der Waals surface area contributed by atoms with E-state index in [0.717, 1.165) is 5.56 Å². The molecule has 0 heterocycles.